The van der Waals surface area contributed by atoms with Gasteiger partial charge in [-0.15, -0.1) is 0 Å². The Hall–Kier alpha value is -2.76. The maximum absolute atomic E-state index is 14.2. The fourth-order valence-corrected chi connectivity index (χ4v) is 2.68. The monoisotopic (exact) mass is 313 g/mol. The van der Waals surface area contributed by atoms with E-state index in [1.54, 1.807) is 31.3 Å². The third-order valence-electron chi connectivity index (χ3n) is 3.76. The van der Waals surface area contributed by atoms with Gasteiger partial charge in [-0.3, -0.25) is 4.57 Å². The van der Waals surface area contributed by atoms with Crippen LogP contribution in [0.25, 0.3) is 22.6 Å². The fraction of sp³-hybridized carbons (Fsp3) is 0.235. The number of aromatic nitrogens is 3. The molecule has 0 saturated carbocycles. The van der Waals surface area contributed by atoms with Crippen LogP contribution in [0.5, 0.6) is 0 Å². The van der Waals surface area contributed by atoms with Crippen LogP contribution in [0.3, 0.4) is 0 Å². The van der Waals surface area contributed by atoms with Gasteiger partial charge >= 0.3 is 5.97 Å². The van der Waals surface area contributed by atoms with Gasteiger partial charge < -0.3 is 5.11 Å². The Labute approximate surface area is 132 Å². The summed E-state index contributed by atoms with van der Waals surface area (Å²) >= 11 is 0. The SMILES string of the molecule is CCC(C(=O)O)n1c(-c2ccccc2F)nc2cc(C)cnc21. The Kier molecular flexibility index (Phi) is 3.82. The standard InChI is InChI=1S/C17H16FN3O2/c1-3-14(17(22)23)21-15(11-6-4-5-7-12(11)18)20-13-8-10(2)9-19-16(13)21/h4-9,14H,3H2,1-2H3,(H,22,23). The molecule has 118 valence electrons. The van der Waals surface area contributed by atoms with E-state index in [-0.39, 0.29) is 11.4 Å². The van der Waals surface area contributed by atoms with E-state index in [4.69, 9.17) is 0 Å². The summed E-state index contributed by atoms with van der Waals surface area (Å²) in [5.74, 6) is -1.15. The number of hydrogen-bond donors (Lipinski definition) is 1. The first-order valence-electron chi connectivity index (χ1n) is 7.35. The highest BCUT2D eigenvalue weighted by Gasteiger charge is 2.26. The van der Waals surface area contributed by atoms with Crippen molar-refractivity contribution in [1.82, 2.24) is 14.5 Å². The minimum atomic E-state index is -0.994. The Morgan fingerprint density at radius 2 is 2.13 bits per heavy atom. The molecule has 1 atom stereocenters. The van der Waals surface area contributed by atoms with Crippen molar-refractivity contribution < 1.29 is 14.3 Å². The number of aliphatic carboxylic acids is 1. The van der Waals surface area contributed by atoms with Gasteiger partial charge in [0.05, 0.1) is 5.56 Å². The maximum atomic E-state index is 14.2. The largest absolute Gasteiger partial charge is 0.480 e. The maximum Gasteiger partial charge on any atom is 0.326 e. The highest BCUT2D eigenvalue weighted by atomic mass is 19.1. The van der Waals surface area contributed by atoms with Crippen molar-refractivity contribution in [3.8, 4) is 11.4 Å². The molecule has 0 radical (unpaired) electrons. The molecule has 1 aromatic carbocycles. The predicted molar refractivity (Wildman–Crippen MR) is 84.6 cm³/mol. The first-order chi connectivity index (χ1) is 11.0. The van der Waals surface area contributed by atoms with Crippen LogP contribution in [-0.2, 0) is 4.79 Å². The molecule has 6 heteroatoms. The normalized spacial score (nSPS) is 12.5. The van der Waals surface area contributed by atoms with Crippen LogP contribution in [0.2, 0.25) is 0 Å². The number of halogens is 1. The van der Waals surface area contributed by atoms with Crippen molar-refractivity contribution in [3.63, 3.8) is 0 Å². The number of fused-ring (bicyclic) bond motifs is 1. The molecule has 0 aliphatic heterocycles. The summed E-state index contributed by atoms with van der Waals surface area (Å²) in [6.45, 7) is 3.65. The van der Waals surface area contributed by atoms with Gasteiger partial charge in [0.15, 0.2) is 5.65 Å². The first-order valence-corrected chi connectivity index (χ1v) is 7.35. The second kappa shape index (κ2) is 5.79. The average Bonchev–Trinajstić information content (AvgIpc) is 2.86. The first kappa shape index (κ1) is 15.1. The summed E-state index contributed by atoms with van der Waals surface area (Å²) in [5.41, 5.74) is 2.18. The lowest BCUT2D eigenvalue weighted by molar-refractivity contribution is -0.140. The van der Waals surface area contributed by atoms with E-state index < -0.39 is 17.8 Å². The van der Waals surface area contributed by atoms with E-state index in [0.29, 0.717) is 17.6 Å². The smallest absolute Gasteiger partial charge is 0.326 e. The lowest BCUT2D eigenvalue weighted by Crippen LogP contribution is -2.19. The van der Waals surface area contributed by atoms with Crippen LogP contribution in [0.4, 0.5) is 4.39 Å². The minimum absolute atomic E-state index is 0.267. The molecular formula is C17H16FN3O2. The van der Waals surface area contributed by atoms with Gasteiger partial charge in [-0.1, -0.05) is 19.1 Å². The third-order valence-corrected chi connectivity index (χ3v) is 3.76. The summed E-state index contributed by atoms with van der Waals surface area (Å²) in [6, 6.07) is 7.17. The van der Waals surface area contributed by atoms with Crippen LogP contribution in [-0.4, -0.2) is 25.6 Å². The lowest BCUT2D eigenvalue weighted by atomic mass is 10.1. The number of imidazole rings is 1. The molecular weight excluding hydrogens is 297 g/mol. The molecule has 0 fully saturated rings. The van der Waals surface area contributed by atoms with Crippen molar-refractivity contribution in [2.45, 2.75) is 26.3 Å². The molecule has 0 saturated heterocycles. The average molecular weight is 313 g/mol. The number of nitrogens with zero attached hydrogens (tertiary/aromatic N) is 3. The number of carboxylic acids is 1. The van der Waals surface area contributed by atoms with Crippen molar-refractivity contribution in [2.24, 2.45) is 0 Å². The molecule has 2 aromatic heterocycles. The summed E-state index contributed by atoms with van der Waals surface area (Å²) in [5, 5.41) is 9.53. The number of carbonyl (C=O) groups is 1. The van der Waals surface area contributed by atoms with Gasteiger partial charge in [0.25, 0.3) is 0 Å². The van der Waals surface area contributed by atoms with Gasteiger partial charge in [0.1, 0.15) is 23.2 Å². The van der Waals surface area contributed by atoms with Gasteiger partial charge in [0, 0.05) is 6.20 Å². The molecule has 0 amide bonds. The topological polar surface area (TPSA) is 68.0 Å². The molecule has 1 unspecified atom stereocenters. The van der Waals surface area contributed by atoms with E-state index in [1.165, 1.54) is 10.6 Å². The number of hydrogen-bond acceptors (Lipinski definition) is 3. The zero-order chi connectivity index (χ0) is 16.6. The van der Waals surface area contributed by atoms with Crippen molar-refractivity contribution in [3.05, 3.63) is 47.9 Å². The molecule has 3 aromatic rings. The van der Waals surface area contributed by atoms with Crippen molar-refractivity contribution >= 4 is 17.1 Å². The van der Waals surface area contributed by atoms with Gasteiger partial charge in [-0.25, -0.2) is 19.2 Å². The van der Waals surface area contributed by atoms with E-state index in [2.05, 4.69) is 9.97 Å². The molecule has 1 N–H and O–H groups in total. The van der Waals surface area contributed by atoms with E-state index >= 15 is 0 Å². The highest BCUT2D eigenvalue weighted by molar-refractivity contribution is 5.82. The van der Waals surface area contributed by atoms with Crippen LogP contribution in [0.1, 0.15) is 24.9 Å². The van der Waals surface area contributed by atoms with E-state index in [9.17, 15) is 14.3 Å². The molecule has 5 nitrogen and oxygen atoms in total. The number of carboxylic acid groups (broad SMARTS) is 1. The zero-order valence-electron chi connectivity index (χ0n) is 12.8. The number of aryl methyl sites for hydroxylation is 1. The highest BCUT2D eigenvalue weighted by Crippen LogP contribution is 2.30. The number of rotatable bonds is 4. The summed E-state index contributed by atoms with van der Waals surface area (Å²) in [4.78, 5) is 20.4. The van der Waals surface area contributed by atoms with Gasteiger partial charge in [-0.05, 0) is 37.1 Å². The summed E-state index contributed by atoms with van der Waals surface area (Å²) < 4.78 is 15.7. The Balaban J connectivity index is 2.36. The summed E-state index contributed by atoms with van der Waals surface area (Å²) in [6.07, 6.45) is 2.00. The van der Waals surface area contributed by atoms with E-state index in [1.807, 2.05) is 13.0 Å². The van der Waals surface area contributed by atoms with Crippen LogP contribution in [0.15, 0.2) is 36.5 Å². The minimum Gasteiger partial charge on any atom is -0.480 e. The molecule has 2 heterocycles. The lowest BCUT2D eigenvalue weighted by Gasteiger charge is -2.16. The molecule has 0 bridgehead atoms. The third kappa shape index (κ3) is 2.56. The molecule has 23 heavy (non-hydrogen) atoms. The van der Waals surface area contributed by atoms with Gasteiger partial charge in [0.2, 0.25) is 0 Å². The molecule has 0 spiro atoms. The second-order valence-corrected chi connectivity index (χ2v) is 5.40. The number of benzene rings is 1. The summed E-state index contributed by atoms with van der Waals surface area (Å²) in [7, 11) is 0. The van der Waals surface area contributed by atoms with Gasteiger partial charge in [-0.2, -0.15) is 0 Å². The van der Waals surface area contributed by atoms with Crippen molar-refractivity contribution in [2.75, 3.05) is 0 Å². The quantitative estimate of drug-likeness (QED) is 0.799. The Bertz CT molecular complexity index is 889. The molecule has 0 aliphatic rings. The Morgan fingerprint density at radius 3 is 2.78 bits per heavy atom. The zero-order valence-corrected chi connectivity index (χ0v) is 12.8. The Morgan fingerprint density at radius 1 is 1.39 bits per heavy atom. The van der Waals surface area contributed by atoms with Crippen LogP contribution >= 0.6 is 0 Å². The molecule has 0 aliphatic carbocycles. The van der Waals surface area contributed by atoms with Crippen LogP contribution < -0.4 is 0 Å². The predicted octanol–water partition coefficient (Wildman–Crippen LogP) is 3.58. The molecule has 3 rings (SSSR count). The second-order valence-electron chi connectivity index (χ2n) is 5.40. The van der Waals surface area contributed by atoms with Crippen LogP contribution in [0, 0.1) is 12.7 Å². The van der Waals surface area contributed by atoms with Crippen molar-refractivity contribution in [1.29, 1.82) is 0 Å². The number of pyridine rings is 1. The fourth-order valence-electron chi connectivity index (χ4n) is 2.68. The van der Waals surface area contributed by atoms with E-state index in [0.717, 1.165) is 5.56 Å².